The van der Waals surface area contributed by atoms with Crippen LogP contribution in [0.2, 0.25) is 0 Å². The quantitative estimate of drug-likeness (QED) is 0.146. The molecule has 0 radical (unpaired) electrons. The Morgan fingerprint density at radius 1 is 0.886 bits per heavy atom. The molecule has 250 valence electrons. The van der Waals surface area contributed by atoms with Gasteiger partial charge in [0.2, 0.25) is 0 Å². The van der Waals surface area contributed by atoms with Crippen LogP contribution in [0.5, 0.6) is 5.75 Å². The highest BCUT2D eigenvalue weighted by Gasteiger charge is 2.31. The minimum atomic E-state index is -0.922. The summed E-state index contributed by atoms with van der Waals surface area (Å²) in [6.45, 7) is 17.2. The Bertz CT molecular complexity index is 1120. The van der Waals surface area contributed by atoms with Gasteiger partial charge in [-0.3, -0.25) is 4.79 Å². The van der Waals surface area contributed by atoms with Gasteiger partial charge in [-0.1, -0.05) is 124 Å². The maximum absolute atomic E-state index is 11.1. The third-order valence-corrected chi connectivity index (χ3v) is 8.53. The number of carbonyl (C=O) groups is 1. The van der Waals surface area contributed by atoms with E-state index in [2.05, 4.69) is 84.9 Å². The summed E-state index contributed by atoms with van der Waals surface area (Å²) < 4.78 is 5.84. The predicted molar refractivity (Wildman–Crippen MR) is 188 cm³/mol. The SMILES string of the molecule is C.CCC.CCCCCCC(O)(/C=C/c1ccc(C(CC)(CC)c2ccc(OCC(O)CCC(=O)O)c(C)c2)cc1C)CC. The molecular weight excluding hydrogens is 548 g/mol. The van der Waals surface area contributed by atoms with Gasteiger partial charge >= 0.3 is 5.97 Å². The van der Waals surface area contributed by atoms with Crippen molar-refractivity contribution in [1.82, 2.24) is 0 Å². The first-order valence-corrected chi connectivity index (χ1v) is 16.6. The van der Waals surface area contributed by atoms with Crippen molar-refractivity contribution in [3.8, 4) is 5.75 Å². The Hall–Kier alpha value is -2.63. The fourth-order valence-corrected chi connectivity index (χ4v) is 5.54. The van der Waals surface area contributed by atoms with Gasteiger partial charge in [-0.15, -0.1) is 0 Å². The standard InChI is InChI=1S/C35H52O5.C3H8.CH4/c1-7-11-12-13-21-34(39,8-2)22-20-28-14-15-29(23-26(28)5)35(9-3,10-4)30-16-18-32(27(6)24-30)40-25-31(36)17-19-33(37)38;1-3-2;/h14-16,18,20,22-24,31,36,39H,7-13,17,19,21,25H2,1-6H3,(H,37,38);3H2,1-2H3;1H4/b22-20+;;. The van der Waals surface area contributed by atoms with E-state index in [1.54, 1.807) is 0 Å². The van der Waals surface area contributed by atoms with Crippen LogP contribution in [0.1, 0.15) is 147 Å². The third kappa shape index (κ3) is 12.8. The number of aryl methyl sites for hydroxylation is 2. The van der Waals surface area contributed by atoms with Crippen molar-refractivity contribution < 1.29 is 24.9 Å². The normalized spacial score (nSPS) is 13.4. The topological polar surface area (TPSA) is 87.0 Å². The Morgan fingerprint density at radius 2 is 1.48 bits per heavy atom. The van der Waals surface area contributed by atoms with Crippen LogP contribution in [0.3, 0.4) is 0 Å². The molecule has 2 unspecified atom stereocenters. The van der Waals surface area contributed by atoms with Gasteiger partial charge in [0.15, 0.2) is 0 Å². The smallest absolute Gasteiger partial charge is 0.303 e. The Kier molecular flexibility index (Phi) is 19.9. The third-order valence-electron chi connectivity index (χ3n) is 8.53. The molecule has 5 heteroatoms. The predicted octanol–water partition coefficient (Wildman–Crippen LogP) is 10.2. The van der Waals surface area contributed by atoms with Gasteiger partial charge in [-0.2, -0.15) is 0 Å². The number of carboxylic acid groups (broad SMARTS) is 1. The number of aliphatic hydroxyl groups is 2. The number of aliphatic hydroxyl groups excluding tert-OH is 1. The van der Waals surface area contributed by atoms with Crippen LogP contribution in [-0.4, -0.2) is 39.6 Å². The first kappa shape index (κ1) is 41.4. The number of aliphatic carboxylic acids is 1. The highest BCUT2D eigenvalue weighted by atomic mass is 16.5. The van der Waals surface area contributed by atoms with Gasteiger partial charge in [0.25, 0.3) is 0 Å². The lowest BCUT2D eigenvalue weighted by Crippen LogP contribution is -2.26. The Labute approximate surface area is 269 Å². The lowest BCUT2D eigenvalue weighted by Gasteiger charge is -2.34. The van der Waals surface area contributed by atoms with Crippen molar-refractivity contribution in [2.75, 3.05) is 6.61 Å². The molecule has 0 bridgehead atoms. The van der Waals surface area contributed by atoms with Crippen LogP contribution >= 0.6 is 0 Å². The average Bonchev–Trinajstić information content (AvgIpc) is 2.98. The molecule has 0 aliphatic rings. The summed E-state index contributed by atoms with van der Waals surface area (Å²) in [6, 6.07) is 12.9. The fraction of sp³-hybridized carbons (Fsp3) is 0.615. The molecule has 2 aromatic carbocycles. The van der Waals surface area contributed by atoms with Crippen molar-refractivity contribution in [1.29, 1.82) is 0 Å². The van der Waals surface area contributed by atoms with E-state index in [0.717, 1.165) is 43.2 Å². The monoisotopic (exact) mass is 612 g/mol. The van der Waals surface area contributed by atoms with E-state index in [9.17, 15) is 15.0 Å². The molecule has 0 fully saturated rings. The molecule has 0 aliphatic heterocycles. The van der Waals surface area contributed by atoms with Crippen LogP contribution in [0.15, 0.2) is 42.5 Å². The van der Waals surface area contributed by atoms with Gasteiger partial charge in [-0.25, -0.2) is 0 Å². The van der Waals surface area contributed by atoms with Gasteiger partial charge in [0.05, 0.1) is 11.7 Å². The molecule has 2 rings (SSSR count). The molecule has 0 heterocycles. The van der Waals surface area contributed by atoms with E-state index in [-0.39, 0.29) is 32.3 Å². The van der Waals surface area contributed by atoms with E-state index in [1.165, 1.54) is 36.0 Å². The number of ether oxygens (including phenoxy) is 1. The zero-order chi connectivity index (χ0) is 32.5. The van der Waals surface area contributed by atoms with Crippen LogP contribution < -0.4 is 4.74 Å². The number of benzene rings is 2. The summed E-state index contributed by atoms with van der Waals surface area (Å²) in [5.74, 6) is -0.219. The maximum Gasteiger partial charge on any atom is 0.303 e. The number of hydrogen-bond acceptors (Lipinski definition) is 4. The van der Waals surface area contributed by atoms with Crippen molar-refractivity contribution >= 4 is 12.0 Å². The lowest BCUT2D eigenvalue weighted by atomic mass is 9.70. The van der Waals surface area contributed by atoms with Crippen molar-refractivity contribution in [3.63, 3.8) is 0 Å². The number of rotatable bonds is 18. The summed E-state index contributed by atoms with van der Waals surface area (Å²) in [5, 5.41) is 30.0. The second-order valence-electron chi connectivity index (χ2n) is 12.0. The molecule has 3 N–H and O–H groups in total. The number of unbranched alkanes of at least 4 members (excludes halogenated alkanes) is 3. The van der Waals surface area contributed by atoms with Gasteiger partial charge < -0.3 is 20.1 Å². The molecule has 2 atom stereocenters. The molecule has 0 aliphatic carbocycles. The lowest BCUT2D eigenvalue weighted by molar-refractivity contribution is -0.137. The molecule has 0 spiro atoms. The Morgan fingerprint density at radius 3 is 1.98 bits per heavy atom. The van der Waals surface area contributed by atoms with Crippen molar-refractivity contribution in [3.05, 3.63) is 70.3 Å². The molecule has 0 amide bonds. The molecular formula is C39H64O5. The summed E-state index contributed by atoms with van der Waals surface area (Å²) >= 11 is 0. The van der Waals surface area contributed by atoms with Crippen LogP contribution in [-0.2, 0) is 10.2 Å². The van der Waals surface area contributed by atoms with E-state index >= 15 is 0 Å². The molecule has 44 heavy (non-hydrogen) atoms. The van der Waals surface area contributed by atoms with Crippen molar-refractivity contribution in [2.45, 2.75) is 151 Å². The zero-order valence-electron chi connectivity index (χ0n) is 28.3. The van der Waals surface area contributed by atoms with Gasteiger partial charge in [0.1, 0.15) is 12.4 Å². The van der Waals surface area contributed by atoms with E-state index in [1.807, 2.05) is 19.1 Å². The minimum Gasteiger partial charge on any atom is -0.491 e. The highest BCUT2D eigenvalue weighted by molar-refractivity contribution is 5.66. The van der Waals surface area contributed by atoms with Gasteiger partial charge in [-0.05, 0) is 79.8 Å². The maximum atomic E-state index is 11.1. The second-order valence-corrected chi connectivity index (χ2v) is 12.0. The summed E-state index contributed by atoms with van der Waals surface area (Å²) in [6.07, 6.45) is 12.6. The highest BCUT2D eigenvalue weighted by Crippen LogP contribution is 2.41. The van der Waals surface area contributed by atoms with Crippen molar-refractivity contribution in [2.24, 2.45) is 0 Å². The molecule has 5 nitrogen and oxygen atoms in total. The van der Waals surface area contributed by atoms with E-state index in [4.69, 9.17) is 9.84 Å². The molecule has 2 aromatic rings. The van der Waals surface area contributed by atoms with E-state index < -0.39 is 17.7 Å². The summed E-state index contributed by atoms with van der Waals surface area (Å²) in [5.41, 5.74) is 4.90. The van der Waals surface area contributed by atoms with Crippen LogP contribution in [0, 0.1) is 13.8 Å². The molecule has 0 saturated heterocycles. The fourth-order valence-electron chi connectivity index (χ4n) is 5.54. The Balaban J connectivity index is 0.00000443. The summed E-state index contributed by atoms with van der Waals surface area (Å²) in [7, 11) is 0. The molecule has 0 aromatic heterocycles. The summed E-state index contributed by atoms with van der Waals surface area (Å²) in [4.78, 5) is 10.7. The van der Waals surface area contributed by atoms with Crippen LogP contribution in [0.25, 0.3) is 6.08 Å². The van der Waals surface area contributed by atoms with Gasteiger partial charge in [0, 0.05) is 11.8 Å². The zero-order valence-corrected chi connectivity index (χ0v) is 28.3. The minimum absolute atomic E-state index is 0. The molecule has 0 saturated carbocycles. The largest absolute Gasteiger partial charge is 0.491 e. The first-order valence-electron chi connectivity index (χ1n) is 16.6. The van der Waals surface area contributed by atoms with E-state index in [0.29, 0.717) is 12.2 Å². The average molecular weight is 613 g/mol. The second kappa shape index (κ2) is 21.2. The number of carboxylic acids is 1. The number of hydrogen-bond donors (Lipinski definition) is 3. The first-order chi connectivity index (χ1) is 20.4. The van der Waals surface area contributed by atoms with Crippen LogP contribution in [0.4, 0.5) is 0 Å².